The minimum Gasteiger partial charge on any atom is -0.288 e. The van der Waals surface area contributed by atoms with Crippen molar-refractivity contribution < 1.29 is 9.59 Å². The highest BCUT2D eigenvalue weighted by Crippen LogP contribution is 2.50. The quantitative estimate of drug-likeness (QED) is 0.542. The summed E-state index contributed by atoms with van der Waals surface area (Å²) in [7, 11) is 0.298. The van der Waals surface area contributed by atoms with Gasteiger partial charge in [0.15, 0.2) is 11.6 Å². The molecule has 0 spiro atoms. The lowest BCUT2D eigenvalue weighted by molar-refractivity contribution is -0.121. The molecule has 3 aromatic rings. The summed E-state index contributed by atoms with van der Waals surface area (Å²) in [5.41, 5.74) is 3.33. The molecule has 33 heavy (non-hydrogen) atoms. The van der Waals surface area contributed by atoms with Gasteiger partial charge in [-0.05, 0) is 59.4 Å². The van der Waals surface area contributed by atoms with Gasteiger partial charge in [0.05, 0.1) is 23.5 Å². The van der Waals surface area contributed by atoms with Crippen LogP contribution in [0.25, 0.3) is 11.1 Å². The minimum absolute atomic E-state index is 0.0719. The smallest absolute Gasteiger partial charge is 0.246 e. The van der Waals surface area contributed by atoms with Crippen LogP contribution < -0.4 is 9.80 Å². The van der Waals surface area contributed by atoms with Gasteiger partial charge in [0, 0.05) is 29.7 Å². The number of amides is 2. The zero-order valence-corrected chi connectivity index (χ0v) is 19.6. The first kappa shape index (κ1) is 20.4. The summed E-state index contributed by atoms with van der Waals surface area (Å²) < 4.78 is 0. The highest BCUT2D eigenvalue weighted by atomic mass is 31.1. The molecule has 2 aliphatic heterocycles. The Morgan fingerprint density at radius 1 is 1.00 bits per heavy atom. The Balaban J connectivity index is 1.44. The number of aryl methyl sites for hydroxylation is 1. The first-order chi connectivity index (χ1) is 15.8. The zero-order valence-electron chi connectivity index (χ0n) is 18.6. The molecular formula is C24H23N6O2P. The monoisotopic (exact) mass is 458 g/mol. The number of rotatable bonds is 3. The number of hydrogen-bond donors (Lipinski definition) is 0. The molecule has 6 rings (SSSR count). The summed E-state index contributed by atoms with van der Waals surface area (Å²) >= 11 is 0. The molecule has 0 bridgehead atoms. The number of carbonyl (C=O) groups excluding carboxylic acids is 2. The second-order valence-corrected chi connectivity index (χ2v) is 10.8. The van der Waals surface area contributed by atoms with Crippen molar-refractivity contribution in [1.82, 2.24) is 19.9 Å². The van der Waals surface area contributed by atoms with Gasteiger partial charge in [0.2, 0.25) is 11.6 Å². The molecule has 3 atom stereocenters. The van der Waals surface area contributed by atoms with Crippen molar-refractivity contribution in [2.45, 2.75) is 50.7 Å². The highest BCUT2D eigenvalue weighted by molar-refractivity contribution is 7.60. The normalized spacial score (nSPS) is 23.6. The first-order valence-corrected chi connectivity index (χ1v) is 12.1. The highest BCUT2D eigenvalue weighted by Gasteiger charge is 2.48. The molecule has 0 N–H and O–H groups in total. The third kappa shape index (κ3) is 3.00. The van der Waals surface area contributed by atoms with Gasteiger partial charge in [-0.1, -0.05) is 12.1 Å². The summed E-state index contributed by atoms with van der Waals surface area (Å²) in [5.74, 6) is 1.59. The summed E-state index contributed by atoms with van der Waals surface area (Å²) in [6.07, 6.45) is 8.87. The van der Waals surface area contributed by atoms with Crippen molar-refractivity contribution in [2.24, 2.45) is 0 Å². The average molecular weight is 458 g/mol. The van der Waals surface area contributed by atoms with E-state index in [1.165, 1.54) is 0 Å². The van der Waals surface area contributed by atoms with Crippen LogP contribution >= 0.6 is 8.58 Å². The third-order valence-corrected chi connectivity index (χ3v) is 8.48. The van der Waals surface area contributed by atoms with E-state index in [9.17, 15) is 9.59 Å². The fraction of sp³-hybridized carbons (Fsp3) is 0.333. The van der Waals surface area contributed by atoms with Gasteiger partial charge in [-0.15, -0.1) is 0 Å². The molecular weight excluding hydrogens is 435 g/mol. The van der Waals surface area contributed by atoms with Crippen LogP contribution in [0.2, 0.25) is 0 Å². The van der Waals surface area contributed by atoms with Crippen LogP contribution in [0.3, 0.4) is 0 Å². The molecule has 166 valence electrons. The number of nitrogens with zero attached hydrogens (tertiary/aromatic N) is 6. The number of fused-ring (bicyclic) bond motifs is 2. The summed E-state index contributed by atoms with van der Waals surface area (Å²) in [6.45, 7) is 5.69. The van der Waals surface area contributed by atoms with E-state index < -0.39 is 5.41 Å². The summed E-state index contributed by atoms with van der Waals surface area (Å²) in [6, 6.07) is 6.18. The number of carbonyl (C=O) groups is 2. The van der Waals surface area contributed by atoms with Crippen molar-refractivity contribution in [2.75, 3.05) is 9.80 Å². The Morgan fingerprint density at radius 2 is 1.76 bits per heavy atom. The van der Waals surface area contributed by atoms with E-state index in [0.29, 0.717) is 31.7 Å². The predicted octanol–water partition coefficient (Wildman–Crippen LogP) is 4.35. The van der Waals surface area contributed by atoms with Gasteiger partial charge < -0.3 is 0 Å². The molecule has 4 heterocycles. The van der Waals surface area contributed by atoms with Gasteiger partial charge in [0.25, 0.3) is 0 Å². The molecule has 2 aromatic heterocycles. The molecule has 1 unspecified atom stereocenters. The Bertz CT molecular complexity index is 1310. The van der Waals surface area contributed by atoms with Crippen molar-refractivity contribution in [3.8, 4) is 11.1 Å². The largest absolute Gasteiger partial charge is 0.288 e. The van der Waals surface area contributed by atoms with Crippen molar-refractivity contribution >= 4 is 37.5 Å². The standard InChI is InChI=1S/C24H23N6O2P/c1-13-26-9-15(10-27-13)14-4-5-16-18(8-14)29(22(31)24(16,2)3)20-11-25-12-21(28-20)30-17-6-7-19(17)33-23(30)32/h4-5,8-12,17,19,33H,6-7H2,1-3H3/t17-,19+/m1/s1. The van der Waals surface area contributed by atoms with E-state index in [1.807, 2.05) is 39.0 Å². The predicted molar refractivity (Wildman–Crippen MR) is 127 cm³/mol. The lowest BCUT2D eigenvalue weighted by Gasteiger charge is -2.34. The second-order valence-electron chi connectivity index (χ2n) is 9.32. The van der Waals surface area contributed by atoms with Crippen LogP contribution in [0.15, 0.2) is 43.0 Å². The molecule has 2 amide bonds. The molecule has 9 heteroatoms. The molecule has 1 aliphatic carbocycles. The van der Waals surface area contributed by atoms with E-state index in [4.69, 9.17) is 4.98 Å². The molecule has 8 nitrogen and oxygen atoms in total. The van der Waals surface area contributed by atoms with Gasteiger partial charge in [0.1, 0.15) is 5.82 Å². The number of benzene rings is 1. The maximum absolute atomic E-state index is 13.6. The van der Waals surface area contributed by atoms with E-state index >= 15 is 0 Å². The van der Waals surface area contributed by atoms with Crippen LogP contribution in [0.5, 0.6) is 0 Å². The van der Waals surface area contributed by atoms with Crippen molar-refractivity contribution in [1.29, 1.82) is 0 Å². The van der Waals surface area contributed by atoms with Gasteiger partial charge >= 0.3 is 0 Å². The Hall–Kier alpha value is -3.25. The van der Waals surface area contributed by atoms with Crippen LogP contribution in [0.4, 0.5) is 22.1 Å². The number of hydrogen-bond acceptors (Lipinski definition) is 6. The van der Waals surface area contributed by atoms with E-state index in [-0.39, 0.29) is 17.6 Å². The topological polar surface area (TPSA) is 92.2 Å². The van der Waals surface area contributed by atoms with Crippen molar-refractivity contribution in [3.05, 3.63) is 54.4 Å². The van der Waals surface area contributed by atoms with Gasteiger partial charge in [-0.3, -0.25) is 24.4 Å². The fourth-order valence-corrected chi connectivity index (χ4v) is 6.44. The SMILES string of the molecule is Cc1ncc(-c2ccc3c(c2)N(c2cncc(N4C(=O)P[C@H]5CC[C@H]54)n2)C(=O)C3(C)C)cn1. The first-order valence-electron chi connectivity index (χ1n) is 11.0. The lowest BCUT2D eigenvalue weighted by Crippen LogP contribution is -2.43. The maximum atomic E-state index is 13.6. The lowest BCUT2D eigenvalue weighted by atomic mass is 9.85. The fourth-order valence-electron chi connectivity index (χ4n) is 4.88. The van der Waals surface area contributed by atoms with Gasteiger partial charge in [-0.25, -0.2) is 15.0 Å². The van der Waals surface area contributed by atoms with Crippen LogP contribution in [0.1, 0.15) is 38.1 Å². The number of aromatic nitrogens is 4. The maximum Gasteiger partial charge on any atom is 0.246 e. The third-order valence-electron chi connectivity index (χ3n) is 6.95. The average Bonchev–Trinajstić information content (AvgIpc) is 3.14. The van der Waals surface area contributed by atoms with Crippen LogP contribution in [0, 0.1) is 6.92 Å². The van der Waals surface area contributed by atoms with E-state index in [0.717, 1.165) is 35.2 Å². The molecule has 3 aliphatic rings. The van der Waals surface area contributed by atoms with Gasteiger partial charge in [-0.2, -0.15) is 0 Å². The summed E-state index contributed by atoms with van der Waals surface area (Å²) in [5, 5.41) is 0. The van der Waals surface area contributed by atoms with E-state index in [1.54, 1.807) is 34.6 Å². The van der Waals surface area contributed by atoms with Crippen LogP contribution in [-0.4, -0.2) is 43.2 Å². The Kier molecular flexibility index (Phi) is 4.40. The molecule has 2 fully saturated rings. The Labute approximate surface area is 193 Å². The zero-order chi connectivity index (χ0) is 22.9. The van der Waals surface area contributed by atoms with Crippen LogP contribution in [-0.2, 0) is 10.2 Å². The molecule has 0 radical (unpaired) electrons. The number of anilines is 3. The van der Waals surface area contributed by atoms with Crippen molar-refractivity contribution in [3.63, 3.8) is 0 Å². The Morgan fingerprint density at radius 3 is 2.45 bits per heavy atom. The minimum atomic E-state index is -0.709. The molecule has 1 saturated heterocycles. The second kappa shape index (κ2) is 7.12. The molecule has 1 aromatic carbocycles. The van der Waals surface area contributed by atoms with E-state index in [2.05, 4.69) is 15.0 Å². The summed E-state index contributed by atoms with van der Waals surface area (Å²) in [4.78, 5) is 47.3. The molecule has 1 saturated carbocycles.